The minimum atomic E-state index is -2.09. The van der Waals surface area contributed by atoms with E-state index in [4.69, 9.17) is 21.1 Å². The molecule has 184 valence electrons. The molecular weight excluding hydrogens is 468 g/mol. The highest BCUT2D eigenvalue weighted by Crippen LogP contribution is 2.68. The van der Waals surface area contributed by atoms with Gasteiger partial charge in [-0.15, -0.1) is 0 Å². The van der Waals surface area contributed by atoms with Crippen molar-refractivity contribution in [2.75, 3.05) is 21.2 Å². The van der Waals surface area contributed by atoms with Crippen molar-refractivity contribution in [3.05, 3.63) is 89.3 Å². The summed E-state index contributed by atoms with van der Waals surface area (Å²) in [4.78, 5) is 19.1. The lowest BCUT2D eigenvalue weighted by molar-refractivity contribution is -0.146. The number of pyridine rings is 1. The number of fused-ring (bicyclic) bond motifs is 3. The van der Waals surface area contributed by atoms with E-state index in [1.807, 2.05) is 30.3 Å². The summed E-state index contributed by atoms with van der Waals surface area (Å²) in [6.07, 6.45) is 6.34. The lowest BCUT2D eigenvalue weighted by Gasteiger charge is -2.41. The predicted octanol–water partition coefficient (Wildman–Crippen LogP) is 3.53. The van der Waals surface area contributed by atoms with Gasteiger partial charge in [-0.05, 0) is 24.1 Å². The van der Waals surface area contributed by atoms with Crippen LogP contribution in [0.1, 0.15) is 24.0 Å². The molecule has 1 aliphatic heterocycles. The van der Waals surface area contributed by atoms with E-state index in [2.05, 4.69) is 11.6 Å². The smallest absolute Gasteiger partial charge is 0.228 e. The van der Waals surface area contributed by atoms with Gasteiger partial charge in [0, 0.05) is 25.0 Å². The Morgan fingerprint density at radius 1 is 1.26 bits per heavy atom. The molecule has 0 spiro atoms. The van der Waals surface area contributed by atoms with Gasteiger partial charge in [-0.2, -0.15) is 0 Å². The fourth-order valence-corrected chi connectivity index (χ4v) is 5.48. The Morgan fingerprint density at radius 2 is 1.94 bits per heavy atom. The third kappa shape index (κ3) is 3.49. The molecule has 1 amide bonds. The number of hydrogen-bond acceptors (Lipinski definition) is 6. The summed E-state index contributed by atoms with van der Waals surface area (Å²) < 4.78 is 12.1. The van der Waals surface area contributed by atoms with E-state index in [0.717, 1.165) is 0 Å². The zero-order valence-corrected chi connectivity index (χ0v) is 20.9. The Morgan fingerprint density at radius 3 is 2.54 bits per heavy atom. The van der Waals surface area contributed by atoms with Gasteiger partial charge in [0.1, 0.15) is 17.6 Å². The van der Waals surface area contributed by atoms with Crippen LogP contribution in [0.3, 0.4) is 0 Å². The Bertz CT molecular complexity index is 1210. The third-order valence-corrected chi connectivity index (χ3v) is 7.31. The van der Waals surface area contributed by atoms with Crippen molar-refractivity contribution in [2.24, 2.45) is 5.92 Å². The molecule has 1 fully saturated rings. The first-order valence-corrected chi connectivity index (χ1v) is 11.6. The van der Waals surface area contributed by atoms with Gasteiger partial charge >= 0.3 is 0 Å². The topological polar surface area (TPSA) is 92.1 Å². The number of rotatable bonds is 6. The average molecular weight is 497 g/mol. The number of aromatic nitrogens is 1. The summed E-state index contributed by atoms with van der Waals surface area (Å²) >= 11 is 6.22. The maximum Gasteiger partial charge on any atom is 0.228 e. The molecule has 1 aromatic heterocycles. The van der Waals surface area contributed by atoms with Crippen molar-refractivity contribution >= 4 is 17.5 Å². The molecule has 2 aliphatic rings. The number of carbonyl (C=O) groups excluding carboxylic acids is 1. The number of halogens is 1. The Labute approximate surface area is 210 Å². The van der Waals surface area contributed by atoms with E-state index in [1.165, 1.54) is 24.4 Å². The number of methoxy groups -OCH3 is 1. The van der Waals surface area contributed by atoms with Crippen LogP contribution in [0.25, 0.3) is 0 Å². The molecule has 1 aliphatic carbocycles. The molecule has 0 radical (unpaired) electrons. The number of ether oxygens (including phenoxy) is 2. The standard InChI is InChI=1S/C27H29ClN2O5/c1-6-18(28)13-12-16(2)27-22(17-10-8-7-9-11-17)21(25(32)30(3)4)24(31)26(27,33)23-19(34-5)14-29-15-20(23)35-27/h6-15,21-22,24,31,33H,2H2,1,3-5H3/b13-12-,18-6+/t21-,22-,24-,26+,27+/m1/s1. The zero-order valence-electron chi connectivity index (χ0n) is 20.1. The summed E-state index contributed by atoms with van der Waals surface area (Å²) in [6.45, 7) is 6.05. The minimum Gasteiger partial charge on any atom is -0.495 e. The van der Waals surface area contributed by atoms with Crippen LogP contribution in [-0.4, -0.2) is 58.9 Å². The first-order valence-electron chi connectivity index (χ1n) is 11.2. The number of aliphatic hydroxyl groups excluding tert-OH is 1. The SMILES string of the molecule is C=C(/C=C\C(Cl)=C/C)[C@@]12Oc3cncc(OC)c3[C@]1(O)[C@H](O)[C@H](C(=O)N(C)C)[C@H]2c1ccccc1. The second-order valence-electron chi connectivity index (χ2n) is 8.94. The van der Waals surface area contributed by atoms with Crippen LogP contribution >= 0.6 is 11.6 Å². The largest absolute Gasteiger partial charge is 0.495 e. The Kier molecular flexibility index (Phi) is 6.53. The highest BCUT2D eigenvalue weighted by molar-refractivity contribution is 6.31. The lowest BCUT2D eigenvalue weighted by Crippen LogP contribution is -2.55. The van der Waals surface area contributed by atoms with Crippen molar-refractivity contribution in [3.8, 4) is 11.5 Å². The van der Waals surface area contributed by atoms with Crippen LogP contribution < -0.4 is 9.47 Å². The van der Waals surface area contributed by atoms with Crippen LogP contribution in [0.15, 0.2) is 78.1 Å². The highest BCUT2D eigenvalue weighted by atomic mass is 35.5. The molecule has 2 N–H and O–H groups in total. The van der Waals surface area contributed by atoms with Crippen LogP contribution in [0, 0.1) is 5.92 Å². The van der Waals surface area contributed by atoms with Gasteiger partial charge in [0.05, 0.1) is 31.0 Å². The van der Waals surface area contributed by atoms with E-state index in [-0.39, 0.29) is 23.0 Å². The number of hydrogen-bond donors (Lipinski definition) is 2. The second kappa shape index (κ2) is 9.15. The van der Waals surface area contributed by atoms with Crippen molar-refractivity contribution in [3.63, 3.8) is 0 Å². The monoisotopic (exact) mass is 496 g/mol. The van der Waals surface area contributed by atoms with Gasteiger partial charge in [0.2, 0.25) is 5.91 Å². The first-order chi connectivity index (χ1) is 16.6. The average Bonchev–Trinajstić information content (AvgIpc) is 3.25. The normalized spacial score (nSPS) is 29.5. The molecule has 4 rings (SSSR count). The van der Waals surface area contributed by atoms with E-state index >= 15 is 0 Å². The van der Waals surface area contributed by atoms with Crippen LogP contribution in [0.4, 0.5) is 0 Å². The summed E-state index contributed by atoms with van der Waals surface area (Å²) in [5.74, 6) is -1.73. The van der Waals surface area contributed by atoms with E-state index in [1.54, 1.807) is 39.2 Å². The van der Waals surface area contributed by atoms with Crippen LogP contribution in [0.5, 0.6) is 11.5 Å². The van der Waals surface area contributed by atoms with Crippen molar-refractivity contribution in [1.82, 2.24) is 9.88 Å². The van der Waals surface area contributed by atoms with Crippen LogP contribution in [0.2, 0.25) is 0 Å². The zero-order chi connectivity index (χ0) is 25.5. The number of aliphatic hydroxyl groups is 2. The molecule has 2 aromatic rings. The summed E-state index contributed by atoms with van der Waals surface area (Å²) in [5.41, 5.74) is -2.49. The molecular formula is C27H29ClN2O5. The maximum atomic E-state index is 13.5. The first kappa shape index (κ1) is 25.0. The summed E-state index contributed by atoms with van der Waals surface area (Å²) in [7, 11) is 4.67. The molecule has 5 atom stereocenters. The molecule has 35 heavy (non-hydrogen) atoms. The van der Waals surface area contributed by atoms with Gasteiger partial charge in [-0.25, -0.2) is 0 Å². The van der Waals surface area contributed by atoms with Gasteiger partial charge < -0.3 is 24.6 Å². The van der Waals surface area contributed by atoms with Gasteiger partial charge in [-0.3, -0.25) is 9.78 Å². The maximum absolute atomic E-state index is 13.5. The van der Waals surface area contributed by atoms with Gasteiger partial charge in [-0.1, -0.05) is 60.7 Å². The van der Waals surface area contributed by atoms with Crippen molar-refractivity contribution in [1.29, 1.82) is 0 Å². The minimum absolute atomic E-state index is 0.226. The predicted molar refractivity (Wildman–Crippen MR) is 133 cm³/mol. The number of carbonyl (C=O) groups is 1. The molecule has 8 heteroatoms. The summed E-state index contributed by atoms with van der Waals surface area (Å²) in [6, 6.07) is 9.22. The number of allylic oxidation sites excluding steroid dienone is 3. The van der Waals surface area contributed by atoms with Crippen molar-refractivity contribution < 1.29 is 24.5 Å². The molecule has 2 heterocycles. The molecule has 0 bridgehead atoms. The molecule has 0 unspecified atom stereocenters. The second-order valence-corrected chi connectivity index (χ2v) is 9.38. The van der Waals surface area contributed by atoms with E-state index in [9.17, 15) is 15.0 Å². The van der Waals surface area contributed by atoms with Gasteiger partial charge in [0.15, 0.2) is 11.2 Å². The fourth-order valence-electron chi connectivity index (χ4n) is 5.42. The van der Waals surface area contributed by atoms with E-state index < -0.39 is 29.1 Å². The number of benzene rings is 1. The number of amides is 1. The van der Waals surface area contributed by atoms with Gasteiger partial charge in [0.25, 0.3) is 0 Å². The molecule has 7 nitrogen and oxygen atoms in total. The molecule has 1 aromatic carbocycles. The Balaban J connectivity index is 2.07. The lowest BCUT2D eigenvalue weighted by atomic mass is 9.70. The molecule has 1 saturated carbocycles. The third-order valence-electron chi connectivity index (χ3n) is 6.96. The highest BCUT2D eigenvalue weighted by Gasteiger charge is 2.78. The number of nitrogens with zero attached hydrogens (tertiary/aromatic N) is 2. The van der Waals surface area contributed by atoms with E-state index in [0.29, 0.717) is 16.2 Å². The summed E-state index contributed by atoms with van der Waals surface area (Å²) in [5, 5.41) is 24.8. The van der Waals surface area contributed by atoms with Crippen molar-refractivity contribution in [2.45, 2.75) is 30.1 Å². The molecule has 0 saturated heterocycles. The quantitative estimate of drug-likeness (QED) is 0.594. The Hall–Kier alpha value is -3.13. The van der Waals surface area contributed by atoms with Crippen LogP contribution in [-0.2, 0) is 10.4 Å². The fraction of sp³-hybridized carbons (Fsp3) is 0.333.